The van der Waals surface area contributed by atoms with Gasteiger partial charge < -0.3 is 10.1 Å². The van der Waals surface area contributed by atoms with E-state index in [1.807, 2.05) is 49.1 Å². The topological polar surface area (TPSA) is 41.6 Å². The van der Waals surface area contributed by atoms with Crippen LogP contribution in [-0.4, -0.2) is 18.7 Å². The highest BCUT2D eigenvalue weighted by molar-refractivity contribution is 5.97. The molecule has 2 aliphatic rings. The van der Waals surface area contributed by atoms with Crippen LogP contribution in [0.15, 0.2) is 42.5 Å². The first-order valence-electron chi connectivity index (χ1n) is 8.10. The molecule has 0 bridgehead atoms. The van der Waals surface area contributed by atoms with Gasteiger partial charge in [0, 0.05) is 18.0 Å². The van der Waals surface area contributed by atoms with E-state index in [4.69, 9.17) is 4.74 Å². The van der Waals surface area contributed by atoms with Crippen molar-refractivity contribution in [3.05, 3.63) is 59.2 Å². The van der Waals surface area contributed by atoms with Crippen molar-refractivity contribution in [2.75, 3.05) is 11.5 Å². The van der Waals surface area contributed by atoms with Gasteiger partial charge in [0.15, 0.2) is 0 Å². The van der Waals surface area contributed by atoms with Crippen LogP contribution < -0.4 is 15.0 Å². The number of nitrogens with zero attached hydrogens (tertiary/aromatic N) is 1. The van der Waals surface area contributed by atoms with Crippen molar-refractivity contribution in [1.82, 2.24) is 5.32 Å². The zero-order chi connectivity index (χ0) is 16.0. The van der Waals surface area contributed by atoms with Gasteiger partial charge in [0.1, 0.15) is 5.75 Å². The van der Waals surface area contributed by atoms with Gasteiger partial charge in [-0.25, -0.2) is 4.79 Å². The fraction of sp³-hybridized carbons (Fsp3) is 0.316. The molecule has 1 atom stereocenters. The number of amides is 2. The molecule has 0 saturated carbocycles. The molecule has 0 radical (unpaired) electrons. The number of carbonyl (C=O) groups is 1. The lowest BCUT2D eigenvalue weighted by Gasteiger charge is -2.38. The standard InChI is InChI=1S/C19H20N2O2/c1-12(2)21-15-9-8-14-10-11-23-18(14)16(15)17(20-19(21)22)13-6-4-3-5-7-13/h3-9,12,17H,10-11H2,1-2H3,(H,20,22). The van der Waals surface area contributed by atoms with Crippen molar-refractivity contribution >= 4 is 11.7 Å². The zero-order valence-corrected chi connectivity index (χ0v) is 13.4. The number of benzene rings is 2. The Kier molecular flexibility index (Phi) is 3.26. The number of carbonyl (C=O) groups excluding carboxylic acids is 1. The molecule has 2 aliphatic heterocycles. The van der Waals surface area contributed by atoms with Gasteiger partial charge in [-0.2, -0.15) is 0 Å². The number of nitrogens with one attached hydrogen (secondary N) is 1. The largest absolute Gasteiger partial charge is 0.492 e. The minimum absolute atomic E-state index is 0.0562. The molecule has 2 heterocycles. The number of fused-ring (bicyclic) bond motifs is 3. The first kappa shape index (κ1) is 14.1. The Hall–Kier alpha value is -2.49. The van der Waals surface area contributed by atoms with Crippen LogP contribution in [0.2, 0.25) is 0 Å². The molecular formula is C19H20N2O2. The number of hydrogen-bond donors (Lipinski definition) is 1. The number of ether oxygens (including phenoxy) is 1. The Morgan fingerprint density at radius 2 is 1.96 bits per heavy atom. The molecule has 118 valence electrons. The summed E-state index contributed by atoms with van der Waals surface area (Å²) in [5.74, 6) is 0.946. The van der Waals surface area contributed by atoms with Crippen molar-refractivity contribution in [2.45, 2.75) is 32.4 Å². The summed E-state index contributed by atoms with van der Waals surface area (Å²) >= 11 is 0. The molecule has 4 nitrogen and oxygen atoms in total. The average molecular weight is 308 g/mol. The van der Waals surface area contributed by atoms with E-state index in [1.54, 1.807) is 0 Å². The van der Waals surface area contributed by atoms with Crippen molar-refractivity contribution in [2.24, 2.45) is 0 Å². The Morgan fingerprint density at radius 3 is 2.70 bits per heavy atom. The number of anilines is 1. The van der Waals surface area contributed by atoms with Gasteiger partial charge in [-0.15, -0.1) is 0 Å². The molecule has 4 rings (SSSR count). The number of hydrogen-bond acceptors (Lipinski definition) is 2. The van der Waals surface area contributed by atoms with E-state index >= 15 is 0 Å². The van der Waals surface area contributed by atoms with Crippen LogP contribution in [0.5, 0.6) is 5.75 Å². The quantitative estimate of drug-likeness (QED) is 0.920. The van der Waals surface area contributed by atoms with Crippen molar-refractivity contribution in [3.8, 4) is 5.75 Å². The summed E-state index contributed by atoms with van der Waals surface area (Å²) < 4.78 is 5.93. The molecule has 0 saturated heterocycles. The molecule has 2 amide bonds. The molecule has 0 aliphatic carbocycles. The van der Waals surface area contributed by atoms with Crippen LogP contribution in [0.25, 0.3) is 0 Å². The lowest BCUT2D eigenvalue weighted by atomic mass is 9.91. The fourth-order valence-corrected chi connectivity index (χ4v) is 3.54. The molecule has 0 fully saturated rings. The summed E-state index contributed by atoms with van der Waals surface area (Å²) in [5, 5.41) is 3.16. The van der Waals surface area contributed by atoms with E-state index in [9.17, 15) is 4.79 Å². The Labute approximate surface area is 136 Å². The Balaban J connectivity index is 1.94. The van der Waals surface area contributed by atoms with E-state index in [2.05, 4.69) is 17.4 Å². The van der Waals surface area contributed by atoms with Crippen LogP contribution in [-0.2, 0) is 6.42 Å². The lowest BCUT2D eigenvalue weighted by molar-refractivity contribution is 0.240. The van der Waals surface area contributed by atoms with Gasteiger partial charge in [0.25, 0.3) is 0 Å². The van der Waals surface area contributed by atoms with E-state index in [0.717, 1.165) is 29.0 Å². The highest BCUT2D eigenvalue weighted by Crippen LogP contribution is 2.45. The highest BCUT2D eigenvalue weighted by Gasteiger charge is 2.37. The second kappa shape index (κ2) is 5.30. The minimum atomic E-state index is -0.165. The van der Waals surface area contributed by atoms with Crippen LogP contribution >= 0.6 is 0 Å². The van der Waals surface area contributed by atoms with Gasteiger partial charge in [-0.05, 0) is 31.0 Å². The smallest absolute Gasteiger partial charge is 0.322 e. The average Bonchev–Trinajstić information content (AvgIpc) is 3.03. The predicted molar refractivity (Wildman–Crippen MR) is 90.1 cm³/mol. The molecular weight excluding hydrogens is 288 g/mol. The van der Waals surface area contributed by atoms with Crippen LogP contribution in [0.1, 0.15) is 36.6 Å². The second-order valence-electron chi connectivity index (χ2n) is 6.34. The molecule has 2 aromatic rings. The maximum Gasteiger partial charge on any atom is 0.322 e. The summed E-state index contributed by atoms with van der Waals surface area (Å²) in [6, 6.07) is 14.1. The van der Waals surface area contributed by atoms with Crippen molar-refractivity contribution in [3.63, 3.8) is 0 Å². The van der Waals surface area contributed by atoms with Gasteiger partial charge in [0.05, 0.1) is 18.3 Å². The molecule has 2 aromatic carbocycles. The van der Waals surface area contributed by atoms with Crippen LogP contribution in [0, 0.1) is 0 Å². The third-order valence-corrected chi connectivity index (χ3v) is 4.56. The van der Waals surface area contributed by atoms with Gasteiger partial charge >= 0.3 is 6.03 Å². The minimum Gasteiger partial charge on any atom is -0.492 e. The van der Waals surface area contributed by atoms with E-state index in [-0.39, 0.29) is 18.1 Å². The van der Waals surface area contributed by atoms with Gasteiger partial charge in [-0.3, -0.25) is 4.90 Å². The lowest BCUT2D eigenvalue weighted by Crippen LogP contribution is -2.50. The number of urea groups is 1. The van der Waals surface area contributed by atoms with Crippen LogP contribution in [0.4, 0.5) is 10.5 Å². The molecule has 0 aromatic heterocycles. The van der Waals surface area contributed by atoms with Gasteiger partial charge in [0.2, 0.25) is 0 Å². The maximum absolute atomic E-state index is 12.7. The second-order valence-corrected chi connectivity index (χ2v) is 6.34. The Bertz CT molecular complexity index is 755. The van der Waals surface area contributed by atoms with Gasteiger partial charge in [-0.1, -0.05) is 36.4 Å². The van der Waals surface area contributed by atoms with E-state index < -0.39 is 0 Å². The molecule has 4 heteroatoms. The zero-order valence-electron chi connectivity index (χ0n) is 13.4. The third kappa shape index (κ3) is 2.17. The molecule has 1 unspecified atom stereocenters. The first-order chi connectivity index (χ1) is 11.2. The first-order valence-corrected chi connectivity index (χ1v) is 8.10. The summed E-state index contributed by atoms with van der Waals surface area (Å²) in [4.78, 5) is 14.5. The van der Waals surface area contributed by atoms with Crippen molar-refractivity contribution < 1.29 is 9.53 Å². The Morgan fingerprint density at radius 1 is 1.17 bits per heavy atom. The molecule has 1 N–H and O–H groups in total. The van der Waals surface area contributed by atoms with Crippen molar-refractivity contribution in [1.29, 1.82) is 0 Å². The monoisotopic (exact) mass is 308 g/mol. The summed E-state index contributed by atoms with van der Waals surface area (Å²) in [6.45, 7) is 4.77. The third-order valence-electron chi connectivity index (χ3n) is 4.56. The molecule has 0 spiro atoms. The molecule has 23 heavy (non-hydrogen) atoms. The normalized spacial score (nSPS) is 19.2. The predicted octanol–water partition coefficient (Wildman–Crippen LogP) is 3.65. The van der Waals surface area contributed by atoms with Crippen LogP contribution in [0.3, 0.4) is 0 Å². The fourth-order valence-electron chi connectivity index (χ4n) is 3.54. The SMILES string of the molecule is CC(C)N1C(=O)NC(c2ccccc2)c2c1ccc1c2OCC1. The summed E-state index contributed by atoms with van der Waals surface area (Å²) in [5.41, 5.74) is 4.34. The maximum atomic E-state index is 12.7. The van der Waals surface area contributed by atoms with E-state index in [0.29, 0.717) is 6.61 Å². The van der Waals surface area contributed by atoms with E-state index in [1.165, 1.54) is 5.56 Å². The summed E-state index contributed by atoms with van der Waals surface area (Å²) in [6.07, 6.45) is 0.930. The number of rotatable bonds is 2. The summed E-state index contributed by atoms with van der Waals surface area (Å²) in [7, 11) is 0. The highest BCUT2D eigenvalue weighted by atomic mass is 16.5.